The second kappa shape index (κ2) is 14.0. The highest BCUT2D eigenvalue weighted by molar-refractivity contribution is 5.75. The monoisotopic (exact) mass is 335 g/mol. The van der Waals surface area contributed by atoms with Gasteiger partial charge in [-0.3, -0.25) is 4.98 Å². The van der Waals surface area contributed by atoms with Gasteiger partial charge in [-0.2, -0.15) is 0 Å². The number of anilines is 1. The molecule has 0 aromatic carbocycles. The van der Waals surface area contributed by atoms with Crippen LogP contribution in [-0.2, 0) is 11.2 Å². The first-order chi connectivity index (χ1) is 11.6. The number of aryl methyl sites for hydroxylation is 1. The van der Waals surface area contributed by atoms with Crippen molar-refractivity contribution >= 4 is 11.5 Å². The summed E-state index contributed by atoms with van der Waals surface area (Å²) >= 11 is 0. The van der Waals surface area contributed by atoms with E-state index in [2.05, 4.69) is 35.1 Å². The summed E-state index contributed by atoms with van der Waals surface area (Å²) in [6, 6.07) is 2.17. The average molecular weight is 336 g/mol. The Hall–Kier alpha value is -1.42. The molecule has 0 atom stereocenters. The number of carbonyl (C=O) groups is 1. The molecule has 1 saturated heterocycles. The lowest BCUT2D eigenvalue weighted by molar-refractivity contribution is -0.117. The van der Waals surface area contributed by atoms with Crippen molar-refractivity contribution in [2.24, 2.45) is 0 Å². The van der Waals surface area contributed by atoms with E-state index in [1.807, 2.05) is 27.0 Å². The van der Waals surface area contributed by atoms with Gasteiger partial charge in [-0.1, -0.05) is 34.1 Å². The molecule has 2 rings (SSSR count). The molecule has 0 amide bonds. The van der Waals surface area contributed by atoms with Crippen LogP contribution in [0, 0.1) is 6.92 Å². The van der Waals surface area contributed by atoms with E-state index in [1.165, 1.54) is 23.4 Å². The minimum Gasteiger partial charge on any atom is -0.369 e. The minimum atomic E-state index is 0.289. The molecule has 4 heteroatoms. The van der Waals surface area contributed by atoms with E-state index in [4.69, 9.17) is 0 Å². The Bertz CT molecular complexity index is 454. The molecule has 0 bridgehead atoms. The lowest BCUT2D eigenvalue weighted by Gasteiger charge is -2.31. The molecule has 1 aliphatic rings. The first-order valence-electron chi connectivity index (χ1n) is 9.49. The van der Waals surface area contributed by atoms with Crippen molar-refractivity contribution in [3.63, 3.8) is 0 Å². The third-order valence-corrected chi connectivity index (χ3v) is 3.81. The highest BCUT2D eigenvalue weighted by atomic mass is 16.1. The molecule has 1 aromatic rings. The van der Waals surface area contributed by atoms with Crippen LogP contribution in [0.25, 0.3) is 0 Å². The number of rotatable bonds is 5. The molecule has 0 aliphatic carbocycles. The van der Waals surface area contributed by atoms with Crippen LogP contribution in [0.1, 0.15) is 65.1 Å². The van der Waals surface area contributed by atoms with Crippen LogP contribution in [-0.4, -0.2) is 36.9 Å². The maximum Gasteiger partial charge on any atom is 0.129 e. The Morgan fingerprint density at radius 2 is 1.83 bits per heavy atom. The van der Waals surface area contributed by atoms with Gasteiger partial charge in [0, 0.05) is 50.2 Å². The van der Waals surface area contributed by atoms with Crippen LogP contribution in [0.4, 0.5) is 5.69 Å². The highest BCUT2D eigenvalue weighted by Gasteiger charge is 2.15. The van der Waals surface area contributed by atoms with Crippen molar-refractivity contribution in [3.05, 3.63) is 23.5 Å². The van der Waals surface area contributed by atoms with Crippen molar-refractivity contribution in [3.8, 4) is 0 Å². The smallest absolute Gasteiger partial charge is 0.129 e. The third kappa shape index (κ3) is 8.44. The molecular formula is C20H37N3O. The molecule has 4 nitrogen and oxygen atoms in total. The lowest BCUT2D eigenvalue weighted by Crippen LogP contribution is -2.44. The number of nitrogens with zero attached hydrogens (tertiary/aromatic N) is 2. The fraction of sp³-hybridized carbons (Fsp3) is 0.700. The minimum absolute atomic E-state index is 0.289. The molecule has 0 unspecified atom stereocenters. The fourth-order valence-electron chi connectivity index (χ4n) is 2.70. The van der Waals surface area contributed by atoms with Crippen LogP contribution in [0.2, 0.25) is 0 Å². The number of hydrogen-bond donors (Lipinski definition) is 1. The maximum atomic E-state index is 10.0. The molecule has 1 fully saturated rings. The molecule has 0 radical (unpaired) electrons. The zero-order chi connectivity index (χ0) is 18.4. The predicted octanol–water partition coefficient (Wildman–Crippen LogP) is 4.15. The third-order valence-electron chi connectivity index (χ3n) is 3.81. The van der Waals surface area contributed by atoms with Crippen LogP contribution < -0.4 is 10.2 Å². The van der Waals surface area contributed by atoms with Crippen molar-refractivity contribution in [2.75, 3.05) is 31.1 Å². The first kappa shape index (κ1) is 22.6. The Morgan fingerprint density at radius 3 is 2.29 bits per heavy atom. The van der Waals surface area contributed by atoms with Gasteiger partial charge in [0.1, 0.15) is 5.78 Å². The molecular weight excluding hydrogens is 298 g/mol. The fourth-order valence-corrected chi connectivity index (χ4v) is 2.70. The summed E-state index contributed by atoms with van der Waals surface area (Å²) in [5.41, 5.74) is 4.03. The van der Waals surface area contributed by atoms with Crippen molar-refractivity contribution in [1.29, 1.82) is 0 Å². The van der Waals surface area contributed by atoms with Crippen LogP contribution in [0.3, 0.4) is 0 Å². The zero-order valence-electron chi connectivity index (χ0n) is 16.6. The molecule has 2 heterocycles. The first-order valence-corrected chi connectivity index (χ1v) is 9.49. The number of hydrogen-bond acceptors (Lipinski definition) is 4. The van der Waals surface area contributed by atoms with Crippen molar-refractivity contribution in [2.45, 2.75) is 67.2 Å². The van der Waals surface area contributed by atoms with E-state index in [1.54, 1.807) is 6.92 Å². The lowest BCUT2D eigenvalue weighted by atomic mass is 10.1. The van der Waals surface area contributed by atoms with Crippen LogP contribution >= 0.6 is 0 Å². The quantitative estimate of drug-likeness (QED) is 0.878. The molecule has 1 aliphatic heterocycles. The molecule has 1 aromatic heterocycles. The van der Waals surface area contributed by atoms with E-state index in [9.17, 15) is 4.79 Å². The highest BCUT2D eigenvalue weighted by Crippen LogP contribution is 2.23. The summed E-state index contributed by atoms with van der Waals surface area (Å²) in [5.74, 6) is 0.289. The summed E-state index contributed by atoms with van der Waals surface area (Å²) in [5, 5.41) is 3.39. The Labute approximate surface area is 149 Å². The van der Waals surface area contributed by atoms with Gasteiger partial charge in [-0.25, -0.2) is 0 Å². The molecule has 24 heavy (non-hydrogen) atoms. The number of carbonyl (C=O) groups excluding carboxylic acids is 1. The van der Waals surface area contributed by atoms with E-state index >= 15 is 0 Å². The number of Topliss-reactive ketones (excluding diaryl/α,β-unsaturated/α-hetero) is 1. The number of ketones is 1. The summed E-state index contributed by atoms with van der Waals surface area (Å²) in [7, 11) is 0. The van der Waals surface area contributed by atoms with Gasteiger partial charge in [0.05, 0.1) is 0 Å². The second-order valence-electron chi connectivity index (χ2n) is 5.83. The molecule has 0 saturated carbocycles. The zero-order valence-corrected chi connectivity index (χ0v) is 16.6. The SMILES string of the molecule is CC.CCCC(C)=O.CCCc1c(N2CCNCC2)ccnc1C. The van der Waals surface area contributed by atoms with E-state index in [-0.39, 0.29) is 5.78 Å². The van der Waals surface area contributed by atoms with Crippen LogP contribution in [0.5, 0.6) is 0 Å². The van der Waals surface area contributed by atoms with E-state index in [0.717, 1.165) is 45.4 Å². The number of piperazine rings is 1. The standard InChI is InChI=1S/C13H21N3.C5H10O.C2H6/c1-3-4-12-11(2)15-6-5-13(12)16-9-7-14-8-10-16;1-3-4-5(2)6;1-2/h5-6,14H,3-4,7-10H2,1-2H3;3-4H2,1-2H3;1-2H3. The molecule has 0 spiro atoms. The summed E-state index contributed by atoms with van der Waals surface area (Å²) < 4.78 is 0. The molecule has 1 N–H and O–H groups in total. The van der Waals surface area contributed by atoms with Crippen molar-refractivity contribution in [1.82, 2.24) is 10.3 Å². The Morgan fingerprint density at radius 1 is 1.21 bits per heavy atom. The van der Waals surface area contributed by atoms with Gasteiger partial charge in [-0.15, -0.1) is 0 Å². The number of aromatic nitrogens is 1. The predicted molar refractivity (Wildman–Crippen MR) is 105 cm³/mol. The summed E-state index contributed by atoms with van der Waals surface area (Å²) in [6.07, 6.45) is 5.98. The normalized spacial score (nSPS) is 13.3. The second-order valence-corrected chi connectivity index (χ2v) is 5.83. The van der Waals surface area contributed by atoms with E-state index in [0.29, 0.717) is 0 Å². The van der Waals surface area contributed by atoms with Gasteiger partial charge < -0.3 is 15.0 Å². The van der Waals surface area contributed by atoms with E-state index < -0.39 is 0 Å². The number of nitrogens with one attached hydrogen (secondary N) is 1. The summed E-state index contributed by atoms with van der Waals surface area (Å²) in [6.45, 7) is 16.4. The van der Waals surface area contributed by atoms with Gasteiger partial charge in [0.2, 0.25) is 0 Å². The van der Waals surface area contributed by atoms with Crippen molar-refractivity contribution < 1.29 is 4.79 Å². The van der Waals surface area contributed by atoms with Gasteiger partial charge in [-0.05, 0) is 38.3 Å². The van der Waals surface area contributed by atoms with Crippen LogP contribution in [0.15, 0.2) is 12.3 Å². The topological polar surface area (TPSA) is 45.2 Å². The van der Waals surface area contributed by atoms with Gasteiger partial charge in [0.25, 0.3) is 0 Å². The maximum absolute atomic E-state index is 10.0. The largest absolute Gasteiger partial charge is 0.369 e. The summed E-state index contributed by atoms with van der Waals surface area (Å²) in [4.78, 5) is 16.9. The number of pyridine rings is 1. The Balaban J connectivity index is 0.000000563. The Kier molecular flexibility index (Phi) is 13.1. The van der Waals surface area contributed by atoms with Gasteiger partial charge in [0.15, 0.2) is 0 Å². The molecule has 138 valence electrons. The average Bonchev–Trinajstić information content (AvgIpc) is 2.60. The van der Waals surface area contributed by atoms with Gasteiger partial charge >= 0.3 is 0 Å².